The predicted octanol–water partition coefficient (Wildman–Crippen LogP) is 4.04. The van der Waals surface area contributed by atoms with Gasteiger partial charge in [0.05, 0.1) is 6.61 Å². The van der Waals surface area contributed by atoms with E-state index >= 15 is 0 Å². The van der Waals surface area contributed by atoms with Crippen molar-refractivity contribution in [2.75, 3.05) is 24.6 Å². The fourth-order valence-electron chi connectivity index (χ4n) is 2.03. The summed E-state index contributed by atoms with van der Waals surface area (Å²) in [7, 11) is 0. The monoisotopic (exact) mass is 271 g/mol. The molecule has 2 nitrogen and oxygen atoms in total. The van der Waals surface area contributed by atoms with Gasteiger partial charge in [-0.1, -0.05) is 49.9 Å². The van der Waals surface area contributed by atoms with Crippen LogP contribution in [0.25, 0.3) is 6.08 Å². The second-order valence-corrected chi connectivity index (χ2v) is 4.71. The molecule has 0 aliphatic heterocycles. The van der Waals surface area contributed by atoms with Crippen molar-refractivity contribution < 1.29 is 5.11 Å². The summed E-state index contributed by atoms with van der Waals surface area (Å²) < 4.78 is 0. The van der Waals surface area contributed by atoms with Gasteiger partial charge in [-0.05, 0) is 36.6 Å². The fraction of sp³-hybridized carbons (Fsp3) is 0.333. The number of allylic oxidation sites excluding steroid dienone is 4. The van der Waals surface area contributed by atoms with Crippen molar-refractivity contribution in [1.29, 1.82) is 0 Å². The first kappa shape index (κ1) is 16.3. The molecule has 2 heteroatoms. The van der Waals surface area contributed by atoms with Crippen molar-refractivity contribution in [3.05, 3.63) is 60.2 Å². The Morgan fingerprint density at radius 2 is 1.90 bits per heavy atom. The zero-order chi connectivity index (χ0) is 14.8. The molecule has 0 fully saturated rings. The summed E-state index contributed by atoms with van der Waals surface area (Å²) in [4.78, 5) is 2.20. The van der Waals surface area contributed by atoms with E-state index in [1.165, 1.54) is 0 Å². The van der Waals surface area contributed by atoms with Crippen molar-refractivity contribution in [3.63, 3.8) is 0 Å². The first-order valence-corrected chi connectivity index (χ1v) is 7.16. The smallest absolute Gasteiger partial charge is 0.0606 e. The molecule has 0 atom stereocenters. The predicted molar refractivity (Wildman–Crippen MR) is 89.0 cm³/mol. The first-order chi connectivity index (χ1) is 9.71. The number of anilines is 1. The zero-order valence-corrected chi connectivity index (χ0v) is 12.5. The molecule has 20 heavy (non-hydrogen) atoms. The molecule has 0 radical (unpaired) electrons. The fourth-order valence-corrected chi connectivity index (χ4v) is 2.03. The maximum Gasteiger partial charge on any atom is 0.0606 e. The van der Waals surface area contributed by atoms with Gasteiger partial charge < -0.3 is 10.0 Å². The van der Waals surface area contributed by atoms with Crippen LogP contribution in [0.15, 0.2) is 54.6 Å². The van der Waals surface area contributed by atoms with Crippen LogP contribution in [0, 0.1) is 0 Å². The molecule has 1 aromatic rings. The van der Waals surface area contributed by atoms with Crippen LogP contribution >= 0.6 is 0 Å². The third kappa shape index (κ3) is 5.45. The van der Waals surface area contributed by atoms with Crippen LogP contribution in [0.3, 0.4) is 0 Å². The van der Waals surface area contributed by atoms with Gasteiger partial charge in [0, 0.05) is 18.8 Å². The molecule has 0 saturated heterocycles. The van der Waals surface area contributed by atoms with E-state index in [0.29, 0.717) is 6.54 Å². The van der Waals surface area contributed by atoms with Crippen LogP contribution < -0.4 is 4.90 Å². The van der Waals surface area contributed by atoms with Gasteiger partial charge in [-0.3, -0.25) is 0 Å². The van der Waals surface area contributed by atoms with Crippen LogP contribution in [0.1, 0.15) is 25.8 Å². The van der Waals surface area contributed by atoms with E-state index in [1.54, 1.807) is 0 Å². The highest BCUT2D eigenvalue weighted by atomic mass is 16.3. The van der Waals surface area contributed by atoms with Gasteiger partial charge in [-0.15, -0.1) is 0 Å². The molecular weight excluding hydrogens is 246 g/mol. The molecule has 1 N–H and O–H groups in total. The van der Waals surface area contributed by atoms with Gasteiger partial charge >= 0.3 is 0 Å². The number of benzene rings is 1. The third-order valence-corrected chi connectivity index (χ3v) is 2.99. The number of aliphatic hydroxyl groups is 1. The average molecular weight is 271 g/mol. The molecule has 1 aromatic carbocycles. The van der Waals surface area contributed by atoms with Crippen LogP contribution in [-0.4, -0.2) is 24.8 Å². The average Bonchev–Trinajstić information content (AvgIpc) is 2.46. The lowest BCUT2D eigenvalue weighted by Crippen LogP contribution is -2.27. The Bertz CT molecular complexity index is 451. The Balaban J connectivity index is 2.74. The first-order valence-electron chi connectivity index (χ1n) is 7.16. The molecule has 0 aliphatic rings. The minimum atomic E-state index is 0.185. The van der Waals surface area contributed by atoms with Crippen LogP contribution in [-0.2, 0) is 0 Å². The van der Waals surface area contributed by atoms with E-state index in [1.807, 2.05) is 25.2 Å². The molecule has 0 unspecified atom stereocenters. The molecule has 0 spiro atoms. The van der Waals surface area contributed by atoms with E-state index < -0.39 is 0 Å². The van der Waals surface area contributed by atoms with E-state index in [-0.39, 0.29) is 6.61 Å². The highest BCUT2D eigenvalue weighted by molar-refractivity contribution is 5.58. The van der Waals surface area contributed by atoms with Crippen molar-refractivity contribution >= 4 is 11.8 Å². The molecule has 108 valence electrons. The van der Waals surface area contributed by atoms with Gasteiger partial charge in [-0.2, -0.15) is 0 Å². The van der Waals surface area contributed by atoms with Crippen LogP contribution in [0.4, 0.5) is 5.69 Å². The third-order valence-electron chi connectivity index (χ3n) is 2.99. The standard InChI is InChI=1S/C18H25NO/c1-4-6-16(3)7-8-17-9-11-18(12-10-17)19(13-5-2)14-15-20/h4,6-12,20H,3,5,13-15H2,1-2H3/b6-4-,8-7+. The Morgan fingerprint density at radius 3 is 2.45 bits per heavy atom. The minimum Gasteiger partial charge on any atom is -0.395 e. The van der Waals surface area contributed by atoms with Gasteiger partial charge in [0.1, 0.15) is 0 Å². The number of rotatable bonds is 8. The van der Waals surface area contributed by atoms with Gasteiger partial charge in [0.15, 0.2) is 0 Å². The highest BCUT2D eigenvalue weighted by Crippen LogP contribution is 2.16. The van der Waals surface area contributed by atoms with Crippen molar-refractivity contribution in [1.82, 2.24) is 0 Å². The largest absolute Gasteiger partial charge is 0.395 e. The Morgan fingerprint density at radius 1 is 1.20 bits per heavy atom. The van der Waals surface area contributed by atoms with E-state index in [9.17, 15) is 0 Å². The van der Waals surface area contributed by atoms with Gasteiger partial charge in [0.25, 0.3) is 0 Å². The summed E-state index contributed by atoms with van der Waals surface area (Å²) >= 11 is 0. The summed E-state index contributed by atoms with van der Waals surface area (Å²) in [5.41, 5.74) is 3.30. The van der Waals surface area contributed by atoms with E-state index in [2.05, 4.69) is 48.7 Å². The van der Waals surface area contributed by atoms with Crippen molar-refractivity contribution in [2.45, 2.75) is 20.3 Å². The van der Waals surface area contributed by atoms with Gasteiger partial charge in [0.2, 0.25) is 0 Å². The Kier molecular flexibility index (Phi) is 7.44. The number of hydrogen-bond donors (Lipinski definition) is 1. The minimum absolute atomic E-state index is 0.185. The summed E-state index contributed by atoms with van der Waals surface area (Å²) in [6.07, 6.45) is 9.10. The van der Waals surface area contributed by atoms with Gasteiger partial charge in [-0.25, -0.2) is 0 Å². The molecule has 0 aliphatic carbocycles. The lowest BCUT2D eigenvalue weighted by atomic mass is 10.1. The second kappa shape index (κ2) is 9.16. The van der Waals surface area contributed by atoms with Crippen LogP contribution in [0.5, 0.6) is 0 Å². The summed E-state index contributed by atoms with van der Waals surface area (Å²) in [5.74, 6) is 0. The topological polar surface area (TPSA) is 23.5 Å². The molecule has 0 heterocycles. The summed E-state index contributed by atoms with van der Waals surface area (Å²) in [5, 5.41) is 9.11. The molecule has 0 amide bonds. The van der Waals surface area contributed by atoms with Crippen LogP contribution in [0.2, 0.25) is 0 Å². The number of aliphatic hydroxyl groups excluding tert-OH is 1. The normalized spacial score (nSPS) is 11.3. The number of hydrogen-bond acceptors (Lipinski definition) is 2. The molecule has 0 saturated carbocycles. The molecular formula is C18H25NO. The second-order valence-electron chi connectivity index (χ2n) is 4.71. The van der Waals surface area contributed by atoms with Crippen molar-refractivity contribution in [2.24, 2.45) is 0 Å². The Hall–Kier alpha value is -1.80. The maximum atomic E-state index is 9.11. The Labute approximate surface area is 122 Å². The molecule has 0 bridgehead atoms. The quantitative estimate of drug-likeness (QED) is 0.721. The maximum absolute atomic E-state index is 9.11. The SMILES string of the molecule is C=C(/C=C\C)/C=C/c1ccc(N(CCC)CCO)cc1. The number of nitrogens with zero attached hydrogens (tertiary/aromatic N) is 1. The lowest BCUT2D eigenvalue weighted by Gasteiger charge is -2.23. The highest BCUT2D eigenvalue weighted by Gasteiger charge is 2.03. The lowest BCUT2D eigenvalue weighted by molar-refractivity contribution is 0.302. The zero-order valence-electron chi connectivity index (χ0n) is 12.5. The summed E-state index contributed by atoms with van der Waals surface area (Å²) in [6, 6.07) is 8.39. The summed E-state index contributed by atoms with van der Waals surface area (Å²) in [6.45, 7) is 9.91. The van der Waals surface area contributed by atoms with E-state index in [4.69, 9.17) is 5.11 Å². The van der Waals surface area contributed by atoms with Crippen molar-refractivity contribution in [3.8, 4) is 0 Å². The molecule has 1 rings (SSSR count). The van der Waals surface area contributed by atoms with E-state index in [0.717, 1.165) is 29.8 Å². The molecule has 0 aromatic heterocycles.